The Balaban J connectivity index is 1.78. The molecule has 0 saturated heterocycles. The number of nitrogens with zero attached hydrogens (tertiary/aromatic N) is 2. The van der Waals surface area contributed by atoms with Gasteiger partial charge in [-0.2, -0.15) is 0 Å². The maximum Gasteiger partial charge on any atom is 0.410 e. The minimum Gasteiger partial charge on any atom is -0.444 e. The van der Waals surface area contributed by atoms with Gasteiger partial charge >= 0.3 is 6.09 Å². The standard InChI is InChI=1S/C18H20N2O2/c1-18(2,3)22-17(21)20-11-14-8-7-13(10-15(14)12-20)16-6-4-5-9-19-16/h4-10H,11-12H2,1-3H3. The number of carbonyl (C=O) groups excluding carboxylic acids is 1. The summed E-state index contributed by atoms with van der Waals surface area (Å²) >= 11 is 0. The summed E-state index contributed by atoms with van der Waals surface area (Å²) < 4.78 is 5.44. The van der Waals surface area contributed by atoms with Gasteiger partial charge in [0.1, 0.15) is 5.60 Å². The summed E-state index contributed by atoms with van der Waals surface area (Å²) in [5.41, 5.74) is 3.89. The molecule has 1 amide bonds. The van der Waals surface area contributed by atoms with E-state index in [1.165, 1.54) is 5.56 Å². The van der Waals surface area contributed by atoms with Crippen molar-refractivity contribution >= 4 is 6.09 Å². The Morgan fingerprint density at radius 1 is 1.14 bits per heavy atom. The predicted molar refractivity (Wildman–Crippen MR) is 85.2 cm³/mol. The lowest BCUT2D eigenvalue weighted by Crippen LogP contribution is -2.33. The number of fused-ring (bicyclic) bond motifs is 1. The molecule has 0 bridgehead atoms. The summed E-state index contributed by atoms with van der Waals surface area (Å²) in [5.74, 6) is 0. The fourth-order valence-corrected chi connectivity index (χ4v) is 2.54. The van der Waals surface area contributed by atoms with Gasteiger partial charge in [-0.1, -0.05) is 18.2 Å². The van der Waals surface area contributed by atoms with E-state index < -0.39 is 5.60 Å². The number of carbonyl (C=O) groups is 1. The average Bonchev–Trinajstić information content (AvgIpc) is 2.89. The van der Waals surface area contributed by atoms with Crippen molar-refractivity contribution in [3.8, 4) is 11.3 Å². The third-order valence-electron chi connectivity index (χ3n) is 3.54. The largest absolute Gasteiger partial charge is 0.444 e. The molecule has 0 spiro atoms. The molecule has 3 rings (SSSR count). The molecule has 1 aromatic carbocycles. The lowest BCUT2D eigenvalue weighted by molar-refractivity contribution is 0.0242. The number of hydrogen-bond donors (Lipinski definition) is 0. The third kappa shape index (κ3) is 3.11. The first-order valence-corrected chi connectivity index (χ1v) is 7.43. The van der Waals surface area contributed by atoms with E-state index in [0.29, 0.717) is 13.1 Å². The molecule has 0 radical (unpaired) electrons. The van der Waals surface area contributed by atoms with E-state index in [0.717, 1.165) is 16.8 Å². The summed E-state index contributed by atoms with van der Waals surface area (Å²) in [6.07, 6.45) is 1.53. The van der Waals surface area contributed by atoms with Crippen molar-refractivity contribution in [1.29, 1.82) is 0 Å². The van der Waals surface area contributed by atoms with E-state index in [2.05, 4.69) is 23.2 Å². The van der Waals surface area contributed by atoms with Gasteiger partial charge in [0.15, 0.2) is 0 Å². The van der Waals surface area contributed by atoms with Crippen LogP contribution in [0.4, 0.5) is 4.79 Å². The van der Waals surface area contributed by atoms with Crippen LogP contribution in [0.3, 0.4) is 0 Å². The van der Waals surface area contributed by atoms with Crippen molar-refractivity contribution in [3.63, 3.8) is 0 Å². The van der Waals surface area contributed by atoms with Crippen LogP contribution in [0.25, 0.3) is 11.3 Å². The van der Waals surface area contributed by atoms with Gasteiger partial charge in [-0.3, -0.25) is 9.88 Å². The first kappa shape index (κ1) is 14.6. The van der Waals surface area contributed by atoms with E-state index in [1.807, 2.05) is 39.0 Å². The molecule has 1 aliphatic heterocycles. The number of hydrogen-bond acceptors (Lipinski definition) is 3. The SMILES string of the molecule is CC(C)(C)OC(=O)N1Cc2ccc(-c3ccccn3)cc2C1. The summed E-state index contributed by atoms with van der Waals surface area (Å²) in [4.78, 5) is 18.3. The third-order valence-corrected chi connectivity index (χ3v) is 3.54. The Kier molecular flexibility index (Phi) is 3.61. The Hall–Kier alpha value is -2.36. The predicted octanol–water partition coefficient (Wildman–Crippen LogP) is 4.00. The summed E-state index contributed by atoms with van der Waals surface area (Å²) in [6.45, 7) is 6.84. The Bertz CT molecular complexity index is 690. The monoisotopic (exact) mass is 296 g/mol. The zero-order chi connectivity index (χ0) is 15.7. The number of pyridine rings is 1. The zero-order valence-electron chi connectivity index (χ0n) is 13.2. The second kappa shape index (κ2) is 5.44. The van der Waals surface area contributed by atoms with E-state index in [-0.39, 0.29) is 6.09 Å². The molecule has 0 fully saturated rings. The smallest absolute Gasteiger partial charge is 0.410 e. The molecule has 0 unspecified atom stereocenters. The molecule has 0 saturated carbocycles. The molecule has 2 aromatic rings. The van der Waals surface area contributed by atoms with Crippen LogP contribution in [0.5, 0.6) is 0 Å². The van der Waals surface area contributed by atoms with Gasteiger partial charge in [-0.05, 0) is 50.1 Å². The van der Waals surface area contributed by atoms with E-state index in [1.54, 1.807) is 11.1 Å². The van der Waals surface area contributed by atoms with Gasteiger partial charge in [-0.15, -0.1) is 0 Å². The van der Waals surface area contributed by atoms with Crippen molar-refractivity contribution in [2.45, 2.75) is 39.5 Å². The van der Waals surface area contributed by atoms with Crippen LogP contribution in [0.2, 0.25) is 0 Å². The minimum absolute atomic E-state index is 0.261. The molecule has 22 heavy (non-hydrogen) atoms. The van der Waals surface area contributed by atoms with Gasteiger partial charge in [0.25, 0.3) is 0 Å². The maximum atomic E-state index is 12.2. The van der Waals surface area contributed by atoms with Crippen LogP contribution >= 0.6 is 0 Å². The molecule has 1 aliphatic rings. The zero-order valence-corrected chi connectivity index (χ0v) is 13.2. The molecule has 4 nitrogen and oxygen atoms in total. The van der Waals surface area contributed by atoms with Gasteiger partial charge in [0, 0.05) is 24.8 Å². The van der Waals surface area contributed by atoms with Crippen LogP contribution in [0.1, 0.15) is 31.9 Å². The minimum atomic E-state index is -0.467. The van der Waals surface area contributed by atoms with Crippen molar-refractivity contribution < 1.29 is 9.53 Å². The number of ether oxygens (including phenoxy) is 1. The Morgan fingerprint density at radius 2 is 1.91 bits per heavy atom. The lowest BCUT2D eigenvalue weighted by atomic mass is 10.0. The van der Waals surface area contributed by atoms with E-state index in [9.17, 15) is 4.79 Å². The molecular weight excluding hydrogens is 276 g/mol. The second-order valence-electron chi connectivity index (χ2n) is 6.53. The molecule has 0 N–H and O–H groups in total. The average molecular weight is 296 g/mol. The first-order chi connectivity index (χ1) is 10.4. The van der Waals surface area contributed by atoms with Crippen LogP contribution in [-0.2, 0) is 17.8 Å². The van der Waals surface area contributed by atoms with E-state index >= 15 is 0 Å². The molecule has 1 aromatic heterocycles. The summed E-state index contributed by atoms with van der Waals surface area (Å²) in [7, 11) is 0. The Morgan fingerprint density at radius 3 is 2.59 bits per heavy atom. The number of benzene rings is 1. The molecule has 0 atom stereocenters. The Labute approximate surface area is 130 Å². The van der Waals surface area contributed by atoms with Gasteiger partial charge in [-0.25, -0.2) is 4.79 Å². The van der Waals surface area contributed by atoms with Crippen LogP contribution < -0.4 is 0 Å². The second-order valence-corrected chi connectivity index (χ2v) is 6.53. The van der Waals surface area contributed by atoms with Crippen LogP contribution in [0, 0.1) is 0 Å². The normalized spacial score (nSPS) is 13.9. The molecule has 0 aliphatic carbocycles. The summed E-state index contributed by atoms with van der Waals surface area (Å²) in [6, 6.07) is 12.1. The quantitative estimate of drug-likeness (QED) is 0.799. The number of rotatable bonds is 1. The number of aromatic nitrogens is 1. The van der Waals surface area contributed by atoms with Gasteiger partial charge in [0.2, 0.25) is 0 Å². The van der Waals surface area contributed by atoms with Gasteiger partial charge < -0.3 is 4.74 Å². The molecule has 114 valence electrons. The highest BCUT2D eigenvalue weighted by atomic mass is 16.6. The maximum absolute atomic E-state index is 12.2. The van der Waals surface area contributed by atoms with E-state index in [4.69, 9.17) is 4.74 Å². The first-order valence-electron chi connectivity index (χ1n) is 7.43. The highest BCUT2D eigenvalue weighted by Gasteiger charge is 2.27. The molecular formula is C18H20N2O2. The number of amides is 1. The van der Waals surface area contributed by atoms with Crippen molar-refractivity contribution in [3.05, 3.63) is 53.7 Å². The van der Waals surface area contributed by atoms with Crippen LogP contribution in [0.15, 0.2) is 42.6 Å². The highest BCUT2D eigenvalue weighted by molar-refractivity contribution is 5.70. The molecule has 2 heterocycles. The lowest BCUT2D eigenvalue weighted by Gasteiger charge is -2.24. The summed E-state index contributed by atoms with van der Waals surface area (Å²) in [5, 5.41) is 0. The fraction of sp³-hybridized carbons (Fsp3) is 0.333. The van der Waals surface area contributed by atoms with Gasteiger partial charge in [0.05, 0.1) is 5.69 Å². The molecule has 4 heteroatoms. The van der Waals surface area contributed by atoms with Crippen molar-refractivity contribution in [1.82, 2.24) is 9.88 Å². The topological polar surface area (TPSA) is 42.4 Å². The highest BCUT2D eigenvalue weighted by Crippen LogP contribution is 2.28. The van der Waals surface area contributed by atoms with Crippen molar-refractivity contribution in [2.75, 3.05) is 0 Å². The van der Waals surface area contributed by atoms with Crippen LogP contribution in [-0.4, -0.2) is 21.6 Å². The van der Waals surface area contributed by atoms with Crippen molar-refractivity contribution in [2.24, 2.45) is 0 Å². The fourth-order valence-electron chi connectivity index (χ4n) is 2.54.